The average molecular weight is 354 g/mol. The molecule has 2 heterocycles. The summed E-state index contributed by atoms with van der Waals surface area (Å²) < 4.78 is 4.65. The van der Waals surface area contributed by atoms with Gasteiger partial charge in [-0.05, 0) is 43.4 Å². The molecule has 3 rings (SSSR count). The normalized spacial score (nSPS) is 14.8. The third-order valence-corrected chi connectivity index (χ3v) is 4.41. The zero-order chi connectivity index (χ0) is 18.5. The van der Waals surface area contributed by atoms with Crippen LogP contribution in [0.25, 0.3) is 0 Å². The Morgan fingerprint density at radius 1 is 1.04 bits per heavy atom. The number of methoxy groups -OCH3 is 1. The molecule has 1 amide bonds. The SMILES string of the molecule is COC(=O)c1ccc(NC(=O)c2ccc(N3CCN(C)CC3)cn2)cc1. The Balaban J connectivity index is 1.62. The average Bonchev–Trinajstić information content (AvgIpc) is 2.68. The maximum absolute atomic E-state index is 12.3. The van der Waals surface area contributed by atoms with Crippen molar-refractivity contribution in [3.63, 3.8) is 0 Å². The Morgan fingerprint density at radius 3 is 2.31 bits per heavy atom. The van der Waals surface area contributed by atoms with E-state index in [1.165, 1.54) is 7.11 Å². The quantitative estimate of drug-likeness (QED) is 0.845. The number of hydrogen-bond acceptors (Lipinski definition) is 6. The number of piperazine rings is 1. The van der Waals surface area contributed by atoms with Gasteiger partial charge in [0.05, 0.1) is 24.6 Å². The number of nitrogens with one attached hydrogen (secondary N) is 1. The third kappa shape index (κ3) is 4.18. The van der Waals surface area contributed by atoms with Gasteiger partial charge in [0.15, 0.2) is 0 Å². The lowest BCUT2D eigenvalue weighted by Gasteiger charge is -2.33. The molecule has 1 aliphatic rings. The second-order valence-electron chi connectivity index (χ2n) is 6.22. The van der Waals surface area contributed by atoms with Gasteiger partial charge in [-0.2, -0.15) is 0 Å². The van der Waals surface area contributed by atoms with Crippen molar-refractivity contribution in [1.29, 1.82) is 0 Å². The van der Waals surface area contributed by atoms with Crippen LogP contribution in [0.2, 0.25) is 0 Å². The van der Waals surface area contributed by atoms with Crippen LogP contribution in [0, 0.1) is 0 Å². The van der Waals surface area contributed by atoms with Gasteiger partial charge < -0.3 is 19.9 Å². The maximum atomic E-state index is 12.3. The number of amides is 1. The summed E-state index contributed by atoms with van der Waals surface area (Å²) in [4.78, 5) is 32.6. The number of anilines is 2. The first-order valence-electron chi connectivity index (χ1n) is 8.46. The molecule has 0 aliphatic carbocycles. The van der Waals surface area contributed by atoms with Crippen molar-refractivity contribution < 1.29 is 14.3 Å². The molecular weight excluding hydrogens is 332 g/mol. The number of rotatable bonds is 4. The highest BCUT2D eigenvalue weighted by molar-refractivity contribution is 6.03. The first kappa shape index (κ1) is 17.9. The van der Waals surface area contributed by atoms with Crippen molar-refractivity contribution in [2.75, 3.05) is 50.6 Å². The number of pyridine rings is 1. The fourth-order valence-corrected chi connectivity index (χ4v) is 2.77. The minimum absolute atomic E-state index is 0.291. The lowest BCUT2D eigenvalue weighted by atomic mass is 10.2. The van der Waals surface area contributed by atoms with Gasteiger partial charge >= 0.3 is 5.97 Å². The summed E-state index contributed by atoms with van der Waals surface area (Å²) in [5.41, 5.74) is 2.39. The molecule has 1 aromatic heterocycles. The van der Waals surface area contributed by atoms with E-state index < -0.39 is 5.97 Å². The molecule has 7 heteroatoms. The summed E-state index contributed by atoms with van der Waals surface area (Å²) in [7, 11) is 3.44. The fourth-order valence-electron chi connectivity index (χ4n) is 2.77. The molecule has 0 radical (unpaired) electrons. The van der Waals surface area contributed by atoms with Gasteiger partial charge in [-0.3, -0.25) is 4.79 Å². The van der Waals surface area contributed by atoms with Crippen LogP contribution in [0.15, 0.2) is 42.6 Å². The van der Waals surface area contributed by atoms with Gasteiger partial charge in [-0.15, -0.1) is 0 Å². The number of ether oxygens (including phenoxy) is 1. The lowest BCUT2D eigenvalue weighted by Crippen LogP contribution is -2.44. The van der Waals surface area contributed by atoms with Crippen LogP contribution >= 0.6 is 0 Å². The minimum atomic E-state index is -0.413. The minimum Gasteiger partial charge on any atom is -0.465 e. The Bertz CT molecular complexity index is 766. The molecule has 136 valence electrons. The van der Waals surface area contributed by atoms with Gasteiger partial charge in [-0.25, -0.2) is 9.78 Å². The Morgan fingerprint density at radius 2 is 1.73 bits per heavy atom. The highest BCUT2D eigenvalue weighted by Gasteiger charge is 2.15. The van der Waals surface area contributed by atoms with Crippen LogP contribution in [0.1, 0.15) is 20.8 Å². The second kappa shape index (κ2) is 7.97. The summed E-state index contributed by atoms with van der Waals surface area (Å²) in [5.74, 6) is -0.704. The lowest BCUT2D eigenvalue weighted by molar-refractivity contribution is 0.0600. The summed E-state index contributed by atoms with van der Waals surface area (Å²) in [6, 6.07) is 10.2. The summed E-state index contributed by atoms with van der Waals surface area (Å²) in [6.07, 6.45) is 1.74. The van der Waals surface area contributed by atoms with E-state index in [1.807, 2.05) is 6.07 Å². The number of likely N-dealkylation sites (N-methyl/N-ethyl adjacent to an activating group) is 1. The molecule has 0 spiro atoms. The van der Waals surface area contributed by atoms with Gasteiger partial charge in [-0.1, -0.05) is 0 Å². The van der Waals surface area contributed by atoms with Crippen LogP contribution in [0.4, 0.5) is 11.4 Å². The smallest absolute Gasteiger partial charge is 0.337 e. The number of carbonyl (C=O) groups excluding carboxylic acids is 2. The summed E-state index contributed by atoms with van der Waals surface area (Å²) in [5, 5.41) is 2.77. The monoisotopic (exact) mass is 354 g/mol. The molecule has 0 bridgehead atoms. The Kier molecular flexibility index (Phi) is 5.48. The molecule has 2 aromatic rings. The first-order chi connectivity index (χ1) is 12.6. The molecule has 0 saturated carbocycles. The molecule has 26 heavy (non-hydrogen) atoms. The molecule has 0 unspecified atom stereocenters. The van der Waals surface area contributed by atoms with Crippen molar-refractivity contribution in [2.45, 2.75) is 0 Å². The van der Waals surface area contributed by atoms with Crippen molar-refractivity contribution in [2.24, 2.45) is 0 Å². The van der Waals surface area contributed by atoms with E-state index in [0.717, 1.165) is 31.9 Å². The van der Waals surface area contributed by atoms with Crippen molar-refractivity contribution >= 4 is 23.3 Å². The Labute approximate surface area is 152 Å². The van der Waals surface area contributed by atoms with E-state index in [0.29, 0.717) is 16.9 Å². The Hall–Kier alpha value is -2.93. The van der Waals surface area contributed by atoms with Gasteiger partial charge in [0, 0.05) is 31.9 Å². The van der Waals surface area contributed by atoms with Crippen molar-refractivity contribution in [1.82, 2.24) is 9.88 Å². The highest BCUT2D eigenvalue weighted by Crippen LogP contribution is 2.16. The molecule has 1 fully saturated rings. The van der Waals surface area contributed by atoms with E-state index >= 15 is 0 Å². The molecule has 1 saturated heterocycles. The fraction of sp³-hybridized carbons (Fsp3) is 0.316. The summed E-state index contributed by atoms with van der Waals surface area (Å²) in [6.45, 7) is 3.94. The predicted molar refractivity (Wildman–Crippen MR) is 99.7 cm³/mol. The third-order valence-electron chi connectivity index (χ3n) is 4.41. The molecule has 1 N–H and O–H groups in total. The van der Waals surface area contributed by atoms with E-state index in [2.05, 4.69) is 31.9 Å². The highest BCUT2D eigenvalue weighted by atomic mass is 16.5. The standard InChI is InChI=1S/C19H22N4O3/c1-22-9-11-23(12-10-22)16-7-8-17(20-13-16)18(24)21-15-5-3-14(4-6-15)19(25)26-2/h3-8,13H,9-12H2,1-2H3,(H,21,24). The van der Waals surface area contributed by atoms with Crippen LogP contribution < -0.4 is 10.2 Å². The van der Waals surface area contributed by atoms with Crippen LogP contribution in [-0.2, 0) is 4.74 Å². The topological polar surface area (TPSA) is 74.8 Å². The number of benzene rings is 1. The zero-order valence-corrected chi connectivity index (χ0v) is 14.9. The summed E-state index contributed by atoms with van der Waals surface area (Å²) >= 11 is 0. The molecule has 1 aliphatic heterocycles. The molecule has 7 nitrogen and oxygen atoms in total. The molecular formula is C19H22N4O3. The molecule has 1 aromatic carbocycles. The predicted octanol–water partition coefficient (Wildman–Crippen LogP) is 1.87. The van der Waals surface area contributed by atoms with Crippen LogP contribution in [0.3, 0.4) is 0 Å². The number of esters is 1. The first-order valence-corrected chi connectivity index (χ1v) is 8.46. The van der Waals surface area contributed by atoms with Crippen molar-refractivity contribution in [3.05, 3.63) is 53.9 Å². The van der Waals surface area contributed by atoms with Crippen molar-refractivity contribution in [3.8, 4) is 0 Å². The van der Waals surface area contributed by atoms with E-state index in [-0.39, 0.29) is 5.91 Å². The van der Waals surface area contributed by atoms with E-state index in [1.54, 1.807) is 36.5 Å². The number of hydrogen-bond donors (Lipinski definition) is 1. The number of aromatic nitrogens is 1. The van der Waals surface area contributed by atoms with Gasteiger partial charge in [0.25, 0.3) is 5.91 Å². The van der Waals surface area contributed by atoms with Crippen LogP contribution in [-0.4, -0.2) is 62.1 Å². The second-order valence-corrected chi connectivity index (χ2v) is 6.22. The maximum Gasteiger partial charge on any atom is 0.337 e. The van der Waals surface area contributed by atoms with Gasteiger partial charge in [0.2, 0.25) is 0 Å². The van der Waals surface area contributed by atoms with E-state index in [4.69, 9.17) is 0 Å². The largest absolute Gasteiger partial charge is 0.465 e. The number of nitrogens with zero attached hydrogens (tertiary/aromatic N) is 3. The number of carbonyl (C=O) groups is 2. The van der Waals surface area contributed by atoms with Gasteiger partial charge in [0.1, 0.15) is 5.69 Å². The molecule has 0 atom stereocenters. The van der Waals surface area contributed by atoms with Crippen LogP contribution in [0.5, 0.6) is 0 Å². The van der Waals surface area contributed by atoms with E-state index in [9.17, 15) is 9.59 Å². The zero-order valence-electron chi connectivity index (χ0n) is 14.9.